The van der Waals surface area contributed by atoms with Crippen LogP contribution < -0.4 is 0 Å². The summed E-state index contributed by atoms with van der Waals surface area (Å²) in [5, 5.41) is 0. The standard InChI is InChI=1S/C10H18.C6H10.C2H6/c1-8(2)7-9(3)10(4,5)6;1-4-5-6(2)3;1-2/h7H,3H2,1-2,4-6H3;4-5H,2H2,1,3H3;1-2H3/b;5-4-;. The molecule has 0 fully saturated rings. The monoisotopic (exact) mass is 250 g/mol. The van der Waals surface area contributed by atoms with Crippen molar-refractivity contribution in [1.29, 1.82) is 0 Å². The van der Waals surface area contributed by atoms with E-state index in [1.807, 2.05) is 39.8 Å². The fourth-order valence-corrected chi connectivity index (χ4v) is 0.849. The van der Waals surface area contributed by atoms with E-state index < -0.39 is 0 Å². The van der Waals surface area contributed by atoms with Gasteiger partial charge in [0.05, 0.1) is 0 Å². The first-order valence-electron chi connectivity index (χ1n) is 6.73. The van der Waals surface area contributed by atoms with E-state index in [4.69, 9.17) is 0 Å². The summed E-state index contributed by atoms with van der Waals surface area (Å²) in [5.41, 5.74) is 3.85. The Hall–Kier alpha value is -1.04. The van der Waals surface area contributed by atoms with Crippen molar-refractivity contribution in [2.24, 2.45) is 5.41 Å². The molecule has 0 N–H and O–H groups in total. The molecular formula is C18H34. The average Bonchev–Trinajstić information content (AvgIpc) is 2.19. The van der Waals surface area contributed by atoms with Gasteiger partial charge < -0.3 is 0 Å². The van der Waals surface area contributed by atoms with Crippen molar-refractivity contribution >= 4 is 0 Å². The zero-order valence-electron chi connectivity index (χ0n) is 14.1. The summed E-state index contributed by atoms with van der Waals surface area (Å²) in [5.74, 6) is 0. The Morgan fingerprint density at radius 3 is 1.39 bits per heavy atom. The molecule has 18 heavy (non-hydrogen) atoms. The third kappa shape index (κ3) is 20.4. The van der Waals surface area contributed by atoms with Crippen LogP contribution in [0.25, 0.3) is 0 Å². The number of allylic oxidation sites excluding steroid dienone is 6. The molecule has 0 heteroatoms. The summed E-state index contributed by atoms with van der Waals surface area (Å²) in [6, 6.07) is 0. The lowest BCUT2D eigenvalue weighted by atomic mass is 9.87. The summed E-state index contributed by atoms with van der Waals surface area (Å²) in [6.45, 7) is 26.3. The van der Waals surface area contributed by atoms with Gasteiger partial charge in [-0.25, -0.2) is 0 Å². The van der Waals surface area contributed by atoms with Crippen molar-refractivity contribution in [3.05, 3.63) is 48.1 Å². The van der Waals surface area contributed by atoms with Crippen LogP contribution in [0.15, 0.2) is 48.1 Å². The topological polar surface area (TPSA) is 0 Å². The highest BCUT2D eigenvalue weighted by Gasteiger charge is 2.11. The van der Waals surface area contributed by atoms with Crippen molar-refractivity contribution in [2.45, 2.75) is 62.3 Å². The minimum Gasteiger partial charge on any atom is -0.0961 e. The van der Waals surface area contributed by atoms with Crippen molar-refractivity contribution in [2.75, 3.05) is 0 Å². The highest BCUT2D eigenvalue weighted by atomic mass is 14.2. The van der Waals surface area contributed by atoms with Crippen LogP contribution in [0.2, 0.25) is 0 Å². The fraction of sp³-hybridized carbons (Fsp3) is 0.556. The quantitative estimate of drug-likeness (QED) is 0.477. The van der Waals surface area contributed by atoms with Gasteiger partial charge in [-0.05, 0) is 38.7 Å². The summed E-state index contributed by atoms with van der Waals surface area (Å²) < 4.78 is 0. The van der Waals surface area contributed by atoms with Crippen molar-refractivity contribution < 1.29 is 0 Å². The molecule has 106 valence electrons. The van der Waals surface area contributed by atoms with Gasteiger partial charge in [-0.15, -0.1) is 0 Å². The van der Waals surface area contributed by atoms with Gasteiger partial charge in [-0.2, -0.15) is 0 Å². The second kappa shape index (κ2) is 12.4. The van der Waals surface area contributed by atoms with Crippen LogP contribution in [0.4, 0.5) is 0 Å². The van der Waals surface area contributed by atoms with Gasteiger partial charge in [-0.3, -0.25) is 0 Å². The average molecular weight is 250 g/mol. The minimum atomic E-state index is 0.220. The molecule has 0 aromatic carbocycles. The molecule has 0 nitrogen and oxygen atoms in total. The molecule has 0 saturated carbocycles. The number of rotatable bonds is 2. The van der Waals surface area contributed by atoms with Crippen molar-refractivity contribution in [3.8, 4) is 0 Å². The van der Waals surface area contributed by atoms with Crippen LogP contribution in [0.1, 0.15) is 62.3 Å². The van der Waals surface area contributed by atoms with Crippen molar-refractivity contribution in [1.82, 2.24) is 0 Å². The number of hydrogen-bond donors (Lipinski definition) is 0. The van der Waals surface area contributed by atoms with E-state index in [1.54, 1.807) is 0 Å². The zero-order chi connectivity index (χ0) is 15.4. The van der Waals surface area contributed by atoms with Crippen LogP contribution in [0.3, 0.4) is 0 Å². The molecule has 0 amide bonds. The maximum Gasteiger partial charge on any atom is -0.0138 e. The van der Waals surface area contributed by atoms with Gasteiger partial charge in [0.1, 0.15) is 0 Å². The highest BCUT2D eigenvalue weighted by Crippen LogP contribution is 2.24. The Kier molecular flexibility index (Phi) is 15.3. The van der Waals surface area contributed by atoms with E-state index in [1.165, 1.54) is 11.1 Å². The molecule has 0 aliphatic rings. The molecule has 0 heterocycles. The van der Waals surface area contributed by atoms with E-state index in [2.05, 4.69) is 53.9 Å². The Labute approximate surface area is 116 Å². The second-order valence-corrected chi connectivity index (χ2v) is 5.34. The molecule has 0 rings (SSSR count). The van der Waals surface area contributed by atoms with Crippen LogP contribution in [0.5, 0.6) is 0 Å². The Morgan fingerprint density at radius 2 is 1.33 bits per heavy atom. The smallest absolute Gasteiger partial charge is 0.0138 e. The number of hydrogen-bond acceptors (Lipinski definition) is 0. The molecule has 0 aliphatic carbocycles. The molecule has 0 atom stereocenters. The van der Waals surface area contributed by atoms with E-state index in [0.29, 0.717) is 0 Å². The first-order chi connectivity index (χ1) is 8.11. The largest absolute Gasteiger partial charge is 0.0961 e. The summed E-state index contributed by atoms with van der Waals surface area (Å²) >= 11 is 0. The third-order valence-corrected chi connectivity index (χ3v) is 1.88. The molecule has 0 saturated heterocycles. The normalized spacial score (nSPS) is 9.61. The molecule has 0 aliphatic heterocycles. The Bertz CT molecular complexity index is 276. The summed E-state index contributed by atoms with van der Waals surface area (Å²) in [6.07, 6.45) is 6.09. The SMILES string of the molecule is C=C(C)/C=C\C.C=C(C=C(C)C)C(C)(C)C.CC. The molecule has 0 aromatic rings. The lowest BCUT2D eigenvalue weighted by Gasteiger charge is -2.18. The molecule has 0 bridgehead atoms. The molecule has 0 radical (unpaired) electrons. The van der Waals surface area contributed by atoms with Crippen LogP contribution in [-0.4, -0.2) is 0 Å². The van der Waals surface area contributed by atoms with Crippen molar-refractivity contribution in [3.63, 3.8) is 0 Å². The molecule has 0 aromatic heterocycles. The van der Waals surface area contributed by atoms with Crippen LogP contribution >= 0.6 is 0 Å². The van der Waals surface area contributed by atoms with E-state index in [0.717, 1.165) is 5.57 Å². The first kappa shape index (κ1) is 22.2. The first-order valence-corrected chi connectivity index (χ1v) is 6.73. The van der Waals surface area contributed by atoms with E-state index in [9.17, 15) is 0 Å². The van der Waals surface area contributed by atoms with Crippen LogP contribution in [-0.2, 0) is 0 Å². The Balaban J connectivity index is -0.000000241. The van der Waals surface area contributed by atoms with Gasteiger partial charge >= 0.3 is 0 Å². The van der Waals surface area contributed by atoms with E-state index in [-0.39, 0.29) is 5.41 Å². The molecule has 0 unspecified atom stereocenters. The van der Waals surface area contributed by atoms with Gasteiger partial charge in [-0.1, -0.05) is 77.2 Å². The maximum absolute atomic E-state index is 3.99. The van der Waals surface area contributed by atoms with Gasteiger partial charge in [0.2, 0.25) is 0 Å². The summed E-state index contributed by atoms with van der Waals surface area (Å²) in [7, 11) is 0. The van der Waals surface area contributed by atoms with Gasteiger partial charge in [0, 0.05) is 0 Å². The van der Waals surface area contributed by atoms with Gasteiger partial charge in [0.25, 0.3) is 0 Å². The highest BCUT2D eigenvalue weighted by molar-refractivity contribution is 5.23. The second-order valence-electron chi connectivity index (χ2n) is 5.34. The molecule has 0 spiro atoms. The fourth-order valence-electron chi connectivity index (χ4n) is 0.849. The summed E-state index contributed by atoms with van der Waals surface area (Å²) in [4.78, 5) is 0. The van der Waals surface area contributed by atoms with Gasteiger partial charge in [0.15, 0.2) is 0 Å². The van der Waals surface area contributed by atoms with E-state index >= 15 is 0 Å². The lowest BCUT2D eigenvalue weighted by molar-refractivity contribution is 0.518. The lowest BCUT2D eigenvalue weighted by Crippen LogP contribution is -2.06. The Morgan fingerprint density at radius 1 is 0.944 bits per heavy atom. The maximum atomic E-state index is 3.99. The third-order valence-electron chi connectivity index (χ3n) is 1.88. The van der Waals surface area contributed by atoms with Crippen LogP contribution in [0, 0.1) is 5.41 Å². The zero-order valence-corrected chi connectivity index (χ0v) is 14.1. The predicted molar refractivity (Wildman–Crippen MR) is 89.0 cm³/mol. The predicted octanol–water partition coefficient (Wildman–Crippen LogP) is 6.72. The minimum absolute atomic E-state index is 0.220. The molecular weight excluding hydrogens is 216 g/mol.